The van der Waals surface area contributed by atoms with Gasteiger partial charge < -0.3 is 4.90 Å². The van der Waals surface area contributed by atoms with E-state index in [1.54, 1.807) is 12.4 Å². The highest BCUT2D eigenvalue weighted by molar-refractivity contribution is 7.85. The summed E-state index contributed by atoms with van der Waals surface area (Å²) in [6.45, 7) is 0. The number of halogens is 1. The number of aromatic nitrogens is 2. The Hall–Kier alpha value is -0.680. The van der Waals surface area contributed by atoms with Gasteiger partial charge in [0.15, 0.2) is 0 Å². The van der Waals surface area contributed by atoms with Gasteiger partial charge in [0.2, 0.25) is 5.95 Å². The van der Waals surface area contributed by atoms with E-state index < -0.39 is 10.8 Å². The average Bonchev–Trinajstić information content (AvgIpc) is 2.30. The van der Waals surface area contributed by atoms with E-state index in [4.69, 9.17) is 11.6 Å². The summed E-state index contributed by atoms with van der Waals surface area (Å²) in [5.74, 6) is 2.24. The molecule has 0 bridgehead atoms. The molecule has 1 aromatic heterocycles. The second kappa shape index (κ2) is 5.10. The van der Waals surface area contributed by atoms with Gasteiger partial charge in [-0.05, 0) is 12.8 Å². The lowest BCUT2D eigenvalue weighted by molar-refractivity contribution is 0.562. The number of anilines is 1. The van der Waals surface area contributed by atoms with Crippen LogP contribution in [0, 0.1) is 0 Å². The predicted octanol–water partition coefficient (Wildman–Crippen LogP) is 1.48. The highest BCUT2D eigenvalue weighted by atomic mass is 35.5. The SMILES string of the molecule is CN(c1ncc(Cl)cn1)C1CCS(=O)CC1. The first-order valence-corrected chi connectivity index (χ1v) is 7.09. The molecule has 0 N–H and O–H groups in total. The first kappa shape index (κ1) is 11.8. The molecule has 1 aliphatic heterocycles. The Bertz CT molecular complexity index is 374. The maximum Gasteiger partial charge on any atom is 0.225 e. The molecule has 2 rings (SSSR count). The molecule has 0 atom stereocenters. The van der Waals surface area contributed by atoms with E-state index in [1.165, 1.54) is 0 Å². The van der Waals surface area contributed by atoms with E-state index in [2.05, 4.69) is 9.97 Å². The van der Waals surface area contributed by atoms with Crippen molar-refractivity contribution in [1.82, 2.24) is 9.97 Å². The van der Waals surface area contributed by atoms with Crippen molar-refractivity contribution in [3.8, 4) is 0 Å². The molecule has 1 saturated heterocycles. The zero-order valence-corrected chi connectivity index (χ0v) is 10.7. The van der Waals surface area contributed by atoms with Crippen molar-refractivity contribution in [1.29, 1.82) is 0 Å². The van der Waals surface area contributed by atoms with Gasteiger partial charge in [0, 0.05) is 35.4 Å². The zero-order chi connectivity index (χ0) is 11.5. The van der Waals surface area contributed by atoms with Crippen molar-refractivity contribution < 1.29 is 4.21 Å². The fraction of sp³-hybridized carbons (Fsp3) is 0.600. The number of rotatable bonds is 2. The van der Waals surface area contributed by atoms with Crippen LogP contribution in [0.4, 0.5) is 5.95 Å². The quantitative estimate of drug-likeness (QED) is 0.807. The number of hydrogen-bond donors (Lipinski definition) is 0. The number of nitrogens with zero attached hydrogens (tertiary/aromatic N) is 3. The molecular formula is C10H14ClN3OS. The molecule has 2 heterocycles. The molecule has 0 saturated carbocycles. The van der Waals surface area contributed by atoms with Gasteiger partial charge in [0.05, 0.1) is 17.4 Å². The van der Waals surface area contributed by atoms with Crippen LogP contribution in [0.5, 0.6) is 0 Å². The predicted molar refractivity (Wildman–Crippen MR) is 66.3 cm³/mol. The van der Waals surface area contributed by atoms with Gasteiger partial charge in [0.1, 0.15) is 0 Å². The third kappa shape index (κ3) is 2.71. The first-order chi connectivity index (χ1) is 7.66. The van der Waals surface area contributed by atoms with E-state index >= 15 is 0 Å². The topological polar surface area (TPSA) is 46.1 Å². The monoisotopic (exact) mass is 259 g/mol. The van der Waals surface area contributed by atoms with Gasteiger partial charge in [0.25, 0.3) is 0 Å². The summed E-state index contributed by atoms with van der Waals surface area (Å²) in [5.41, 5.74) is 0. The molecule has 0 amide bonds. The van der Waals surface area contributed by atoms with Gasteiger partial charge in [-0.1, -0.05) is 11.6 Å². The molecule has 0 aliphatic carbocycles. The molecule has 0 spiro atoms. The van der Waals surface area contributed by atoms with Gasteiger partial charge in [-0.3, -0.25) is 4.21 Å². The molecule has 0 aromatic carbocycles. The molecule has 0 radical (unpaired) electrons. The Morgan fingerprint density at radius 2 is 1.94 bits per heavy atom. The van der Waals surface area contributed by atoms with E-state index in [9.17, 15) is 4.21 Å². The van der Waals surface area contributed by atoms with Crippen molar-refractivity contribution in [2.24, 2.45) is 0 Å². The van der Waals surface area contributed by atoms with Crippen LogP contribution in [-0.4, -0.2) is 38.8 Å². The molecule has 16 heavy (non-hydrogen) atoms. The van der Waals surface area contributed by atoms with Crippen LogP contribution < -0.4 is 4.90 Å². The second-order valence-electron chi connectivity index (χ2n) is 3.89. The molecule has 4 nitrogen and oxygen atoms in total. The van der Waals surface area contributed by atoms with Crippen LogP contribution in [0.25, 0.3) is 0 Å². The summed E-state index contributed by atoms with van der Waals surface area (Å²) in [5, 5.41) is 0.543. The van der Waals surface area contributed by atoms with Crippen molar-refractivity contribution in [2.45, 2.75) is 18.9 Å². The highest BCUT2D eigenvalue weighted by Crippen LogP contribution is 2.19. The number of hydrogen-bond acceptors (Lipinski definition) is 4. The smallest absolute Gasteiger partial charge is 0.225 e. The lowest BCUT2D eigenvalue weighted by Gasteiger charge is -2.30. The van der Waals surface area contributed by atoms with Crippen LogP contribution in [-0.2, 0) is 10.8 Å². The van der Waals surface area contributed by atoms with Crippen LogP contribution in [0.1, 0.15) is 12.8 Å². The molecule has 1 aliphatic rings. The van der Waals surface area contributed by atoms with Gasteiger partial charge in [-0.25, -0.2) is 9.97 Å². The van der Waals surface area contributed by atoms with Crippen molar-refractivity contribution in [3.05, 3.63) is 17.4 Å². The largest absolute Gasteiger partial charge is 0.341 e. The summed E-state index contributed by atoms with van der Waals surface area (Å²) in [7, 11) is 1.35. The van der Waals surface area contributed by atoms with Crippen molar-refractivity contribution in [3.63, 3.8) is 0 Å². The molecule has 1 fully saturated rings. The van der Waals surface area contributed by atoms with Gasteiger partial charge in [-0.15, -0.1) is 0 Å². The molecule has 0 unspecified atom stereocenters. The fourth-order valence-corrected chi connectivity index (χ4v) is 3.19. The standard InChI is InChI=1S/C10H14ClN3OS/c1-14(9-2-4-16(15)5-3-9)10-12-6-8(11)7-13-10/h6-7,9H,2-5H2,1H3. The third-order valence-corrected chi connectivity index (χ3v) is 4.40. The maximum atomic E-state index is 11.3. The van der Waals surface area contributed by atoms with Crippen LogP contribution in [0.3, 0.4) is 0 Å². The van der Waals surface area contributed by atoms with Crippen LogP contribution >= 0.6 is 11.6 Å². The third-order valence-electron chi connectivity index (χ3n) is 2.83. The highest BCUT2D eigenvalue weighted by Gasteiger charge is 2.22. The minimum absolute atomic E-state index is 0.388. The van der Waals surface area contributed by atoms with E-state index in [1.807, 2.05) is 11.9 Å². The minimum atomic E-state index is -0.626. The second-order valence-corrected chi connectivity index (χ2v) is 6.02. The summed E-state index contributed by atoms with van der Waals surface area (Å²) in [6, 6.07) is 0.388. The Morgan fingerprint density at radius 3 is 2.50 bits per heavy atom. The Kier molecular flexibility index (Phi) is 3.76. The van der Waals surface area contributed by atoms with E-state index in [0.717, 1.165) is 24.3 Å². The van der Waals surface area contributed by atoms with Gasteiger partial charge in [-0.2, -0.15) is 0 Å². The van der Waals surface area contributed by atoms with Crippen LogP contribution in [0.15, 0.2) is 12.4 Å². The lowest BCUT2D eigenvalue weighted by atomic mass is 10.1. The lowest BCUT2D eigenvalue weighted by Crippen LogP contribution is -2.38. The van der Waals surface area contributed by atoms with Crippen molar-refractivity contribution >= 4 is 28.3 Å². The Labute approximate surface area is 102 Å². The Balaban J connectivity index is 2.04. The summed E-state index contributed by atoms with van der Waals surface area (Å²) >= 11 is 5.74. The fourth-order valence-electron chi connectivity index (χ4n) is 1.82. The minimum Gasteiger partial charge on any atom is -0.341 e. The molecular weight excluding hydrogens is 246 g/mol. The molecule has 1 aromatic rings. The van der Waals surface area contributed by atoms with Crippen LogP contribution in [0.2, 0.25) is 5.02 Å². The van der Waals surface area contributed by atoms with E-state index in [-0.39, 0.29) is 0 Å². The van der Waals surface area contributed by atoms with E-state index in [0.29, 0.717) is 17.0 Å². The summed E-state index contributed by atoms with van der Waals surface area (Å²) in [4.78, 5) is 10.4. The zero-order valence-electron chi connectivity index (χ0n) is 9.10. The summed E-state index contributed by atoms with van der Waals surface area (Å²) < 4.78 is 11.3. The molecule has 6 heteroatoms. The Morgan fingerprint density at radius 1 is 1.38 bits per heavy atom. The van der Waals surface area contributed by atoms with Gasteiger partial charge >= 0.3 is 0 Å². The maximum absolute atomic E-state index is 11.3. The molecule has 88 valence electrons. The normalized spacial score (nSPS) is 25.4. The summed E-state index contributed by atoms with van der Waals surface area (Å²) in [6.07, 6.45) is 5.08. The first-order valence-electron chi connectivity index (χ1n) is 5.22. The average molecular weight is 260 g/mol. The van der Waals surface area contributed by atoms with Crippen molar-refractivity contribution in [2.75, 3.05) is 23.5 Å².